The molecule has 1 atom stereocenters. The quantitative estimate of drug-likeness (QED) is 0.473. The molecule has 0 aliphatic carbocycles. The van der Waals surface area contributed by atoms with Crippen LogP contribution in [0.5, 0.6) is 0 Å². The second kappa shape index (κ2) is 5.69. The Labute approximate surface area is 94.5 Å². The molecule has 2 heteroatoms. The van der Waals surface area contributed by atoms with Gasteiger partial charge in [0.15, 0.2) is 5.78 Å². The van der Waals surface area contributed by atoms with Crippen molar-refractivity contribution in [3.8, 4) is 0 Å². The number of hydrogen-bond acceptors (Lipinski definition) is 2. The molecule has 0 aromatic heterocycles. The van der Waals surface area contributed by atoms with Gasteiger partial charge in [0.25, 0.3) is 0 Å². The zero-order chi connectivity index (χ0) is 12.0. The molecule has 1 unspecified atom stereocenters. The fourth-order valence-electron chi connectivity index (χ4n) is 1.26. The third kappa shape index (κ3) is 2.94. The van der Waals surface area contributed by atoms with E-state index < -0.39 is 6.10 Å². The van der Waals surface area contributed by atoms with E-state index in [0.717, 1.165) is 0 Å². The highest BCUT2D eigenvalue weighted by Gasteiger charge is 2.06. The van der Waals surface area contributed by atoms with Crippen molar-refractivity contribution in [2.45, 2.75) is 6.10 Å². The Morgan fingerprint density at radius 3 is 2.75 bits per heavy atom. The lowest BCUT2D eigenvalue weighted by Crippen LogP contribution is -1.98. The van der Waals surface area contributed by atoms with Crippen molar-refractivity contribution < 1.29 is 9.90 Å². The normalized spacial score (nSPS) is 10.8. The smallest absolute Gasteiger partial charge is 0.193 e. The van der Waals surface area contributed by atoms with Crippen LogP contribution >= 0.6 is 0 Å². The molecule has 1 aromatic carbocycles. The number of carbonyl (C=O) groups excluding carboxylic acids is 1. The van der Waals surface area contributed by atoms with Crippen molar-refractivity contribution >= 4 is 5.78 Å². The van der Waals surface area contributed by atoms with Crippen LogP contribution in [0, 0.1) is 0 Å². The first kappa shape index (κ1) is 12.0. The van der Waals surface area contributed by atoms with Gasteiger partial charge in [0.05, 0.1) is 0 Å². The Morgan fingerprint density at radius 2 is 2.12 bits per heavy atom. The standard InChI is InChI=1S/C14H12O2/c1-3-6-13(15)11-8-5-9-12(10-11)14(16)7-4-2/h5-10,13,15H,1-2H2. The maximum absolute atomic E-state index is 11.5. The lowest BCUT2D eigenvalue weighted by molar-refractivity contribution is 0.104. The highest BCUT2D eigenvalue weighted by molar-refractivity contribution is 6.04. The fraction of sp³-hybridized carbons (Fsp3) is 0.0714. The molecule has 0 saturated carbocycles. The summed E-state index contributed by atoms with van der Waals surface area (Å²) in [6.07, 6.45) is 1.89. The second-order valence-corrected chi connectivity index (χ2v) is 3.15. The Bertz CT molecular complexity index is 487. The van der Waals surface area contributed by atoms with E-state index >= 15 is 0 Å². The molecule has 0 fully saturated rings. The molecule has 16 heavy (non-hydrogen) atoms. The zero-order valence-electron chi connectivity index (χ0n) is 8.81. The molecule has 2 nitrogen and oxygen atoms in total. The molecule has 0 aliphatic heterocycles. The summed E-state index contributed by atoms with van der Waals surface area (Å²) in [4.78, 5) is 11.5. The van der Waals surface area contributed by atoms with Gasteiger partial charge < -0.3 is 5.11 Å². The lowest BCUT2D eigenvalue weighted by Gasteiger charge is -2.05. The molecule has 80 valence electrons. The molecule has 1 aromatic rings. The van der Waals surface area contributed by atoms with E-state index in [9.17, 15) is 9.90 Å². The summed E-state index contributed by atoms with van der Waals surface area (Å²) in [5.74, 6) is -0.188. The number of ketones is 1. The average molecular weight is 212 g/mol. The molecule has 0 saturated heterocycles. The number of benzene rings is 1. The molecular weight excluding hydrogens is 200 g/mol. The number of carbonyl (C=O) groups is 1. The minimum atomic E-state index is -0.794. The monoisotopic (exact) mass is 212 g/mol. The predicted octanol–water partition coefficient (Wildman–Crippen LogP) is 2.58. The van der Waals surface area contributed by atoms with Crippen molar-refractivity contribution in [3.63, 3.8) is 0 Å². The number of allylic oxidation sites excluding steroid dienone is 1. The van der Waals surface area contributed by atoms with E-state index in [1.165, 1.54) is 12.2 Å². The molecule has 0 spiro atoms. The number of hydrogen-bond donors (Lipinski definition) is 1. The molecule has 0 amide bonds. The van der Waals surface area contributed by atoms with Crippen LogP contribution in [0.15, 0.2) is 61.0 Å². The number of aliphatic hydroxyl groups is 1. The van der Waals surface area contributed by atoms with Crippen LogP contribution in [0.25, 0.3) is 0 Å². The van der Waals surface area contributed by atoms with E-state index in [2.05, 4.69) is 24.6 Å². The maximum Gasteiger partial charge on any atom is 0.193 e. The van der Waals surface area contributed by atoms with E-state index in [4.69, 9.17) is 0 Å². The number of aliphatic hydroxyl groups excluding tert-OH is 1. The minimum absolute atomic E-state index is 0.188. The topological polar surface area (TPSA) is 37.3 Å². The molecule has 1 N–H and O–H groups in total. The first-order valence-corrected chi connectivity index (χ1v) is 4.73. The largest absolute Gasteiger partial charge is 0.384 e. The third-order valence-corrected chi connectivity index (χ3v) is 2.02. The average Bonchev–Trinajstić information content (AvgIpc) is 2.30. The second-order valence-electron chi connectivity index (χ2n) is 3.15. The van der Waals surface area contributed by atoms with Crippen molar-refractivity contribution in [1.82, 2.24) is 0 Å². The van der Waals surface area contributed by atoms with Gasteiger partial charge in [-0.1, -0.05) is 31.4 Å². The van der Waals surface area contributed by atoms with Gasteiger partial charge in [0, 0.05) is 11.6 Å². The van der Waals surface area contributed by atoms with Gasteiger partial charge in [-0.25, -0.2) is 0 Å². The first-order valence-electron chi connectivity index (χ1n) is 4.73. The van der Waals surface area contributed by atoms with E-state index in [1.807, 2.05) is 0 Å². The van der Waals surface area contributed by atoms with Crippen LogP contribution in [-0.4, -0.2) is 10.9 Å². The van der Waals surface area contributed by atoms with Crippen LogP contribution in [0.4, 0.5) is 0 Å². The Hall–Kier alpha value is -2.11. The minimum Gasteiger partial charge on any atom is -0.384 e. The zero-order valence-corrected chi connectivity index (χ0v) is 8.81. The van der Waals surface area contributed by atoms with Gasteiger partial charge in [-0.05, 0) is 17.7 Å². The van der Waals surface area contributed by atoms with Crippen LogP contribution in [0.3, 0.4) is 0 Å². The van der Waals surface area contributed by atoms with Gasteiger partial charge in [-0.3, -0.25) is 4.79 Å². The lowest BCUT2D eigenvalue weighted by atomic mass is 10.0. The molecule has 0 bridgehead atoms. The highest BCUT2D eigenvalue weighted by Crippen LogP contribution is 2.15. The molecule has 0 aliphatic rings. The molecular formula is C14H12O2. The van der Waals surface area contributed by atoms with E-state index in [0.29, 0.717) is 11.1 Å². The van der Waals surface area contributed by atoms with Crippen molar-refractivity contribution in [2.75, 3.05) is 0 Å². The van der Waals surface area contributed by atoms with Gasteiger partial charge in [0.2, 0.25) is 0 Å². The summed E-state index contributed by atoms with van der Waals surface area (Å²) in [7, 11) is 0. The predicted molar refractivity (Wildman–Crippen MR) is 63.2 cm³/mol. The van der Waals surface area contributed by atoms with E-state index in [-0.39, 0.29) is 5.78 Å². The summed E-state index contributed by atoms with van der Waals surface area (Å²) in [6, 6.07) is 6.73. The Morgan fingerprint density at radius 1 is 1.38 bits per heavy atom. The fourth-order valence-corrected chi connectivity index (χ4v) is 1.26. The van der Waals surface area contributed by atoms with Crippen molar-refractivity contribution in [3.05, 3.63) is 72.2 Å². The van der Waals surface area contributed by atoms with Crippen LogP contribution < -0.4 is 0 Å². The third-order valence-electron chi connectivity index (χ3n) is 2.02. The van der Waals surface area contributed by atoms with Gasteiger partial charge in [-0.15, -0.1) is 11.5 Å². The first-order chi connectivity index (χ1) is 7.69. The van der Waals surface area contributed by atoms with Crippen LogP contribution in [-0.2, 0) is 0 Å². The Balaban J connectivity index is 3.08. The summed E-state index contributed by atoms with van der Waals surface area (Å²) >= 11 is 0. The van der Waals surface area contributed by atoms with E-state index in [1.54, 1.807) is 24.3 Å². The summed E-state index contributed by atoms with van der Waals surface area (Å²) in [6.45, 7) is 6.72. The molecule has 1 rings (SSSR count). The summed E-state index contributed by atoms with van der Waals surface area (Å²) < 4.78 is 0. The maximum atomic E-state index is 11.5. The Kier molecular flexibility index (Phi) is 4.26. The highest BCUT2D eigenvalue weighted by atomic mass is 16.3. The molecule has 0 radical (unpaired) electrons. The SMILES string of the molecule is C=C=CC(=O)c1cccc(C(O)C=C=C)c1. The van der Waals surface area contributed by atoms with Crippen LogP contribution in [0.1, 0.15) is 22.0 Å². The van der Waals surface area contributed by atoms with Crippen LogP contribution in [0.2, 0.25) is 0 Å². The number of rotatable bonds is 4. The van der Waals surface area contributed by atoms with Crippen molar-refractivity contribution in [2.24, 2.45) is 0 Å². The summed E-state index contributed by atoms with van der Waals surface area (Å²) in [5, 5.41) is 9.65. The van der Waals surface area contributed by atoms with Gasteiger partial charge in [0.1, 0.15) is 6.10 Å². The van der Waals surface area contributed by atoms with Gasteiger partial charge >= 0.3 is 0 Å². The summed E-state index contributed by atoms with van der Waals surface area (Å²) in [5.41, 5.74) is 6.04. The van der Waals surface area contributed by atoms with Crippen molar-refractivity contribution in [1.29, 1.82) is 0 Å². The van der Waals surface area contributed by atoms with Gasteiger partial charge in [-0.2, -0.15) is 0 Å². The molecule has 0 heterocycles.